The van der Waals surface area contributed by atoms with E-state index in [9.17, 15) is 13.2 Å². The van der Waals surface area contributed by atoms with E-state index in [-0.39, 0.29) is 11.4 Å². The van der Waals surface area contributed by atoms with Crippen molar-refractivity contribution in [3.05, 3.63) is 48.0 Å². The molecule has 2 aromatic carbocycles. The second-order valence-electron chi connectivity index (χ2n) is 4.00. The molecular weight excluding hydrogens is 271 g/mol. The van der Waals surface area contributed by atoms with Crippen LogP contribution in [0.25, 0.3) is 0 Å². The normalized spacial score (nSPS) is 11.2. The van der Waals surface area contributed by atoms with Crippen LogP contribution in [0.3, 0.4) is 0 Å². The highest BCUT2D eigenvalue weighted by atomic mass is 19.4. The van der Waals surface area contributed by atoms with Crippen molar-refractivity contribution in [2.24, 2.45) is 0 Å². The van der Waals surface area contributed by atoms with Crippen molar-refractivity contribution >= 4 is 5.69 Å². The maximum Gasteiger partial charge on any atom is 0.418 e. The molecule has 0 spiro atoms. The Hall–Kier alpha value is -2.37. The number of hydrogen-bond acceptors (Lipinski definition) is 3. The molecule has 0 fully saturated rings. The Labute approximate surface area is 113 Å². The third-order valence-electron chi connectivity index (χ3n) is 2.63. The SMILES string of the molecule is COc1ccccc1Oc1ccc(N)c(C(F)(F)F)c1. The molecule has 0 amide bonds. The Morgan fingerprint density at radius 3 is 2.25 bits per heavy atom. The summed E-state index contributed by atoms with van der Waals surface area (Å²) >= 11 is 0. The van der Waals surface area contributed by atoms with Gasteiger partial charge in [-0.2, -0.15) is 13.2 Å². The Balaban J connectivity index is 2.35. The average molecular weight is 283 g/mol. The predicted molar refractivity (Wildman–Crippen MR) is 68.9 cm³/mol. The molecule has 2 aromatic rings. The molecule has 3 nitrogen and oxygen atoms in total. The molecule has 0 atom stereocenters. The minimum absolute atomic E-state index is 0.0380. The molecular formula is C14H12F3NO2. The first-order valence-corrected chi connectivity index (χ1v) is 5.69. The molecule has 0 aliphatic carbocycles. The lowest BCUT2D eigenvalue weighted by Gasteiger charge is -2.13. The van der Waals surface area contributed by atoms with Crippen LogP contribution < -0.4 is 15.2 Å². The van der Waals surface area contributed by atoms with Gasteiger partial charge >= 0.3 is 6.18 Å². The predicted octanol–water partition coefficient (Wildman–Crippen LogP) is 4.09. The van der Waals surface area contributed by atoms with Crippen molar-refractivity contribution < 1.29 is 22.6 Å². The van der Waals surface area contributed by atoms with E-state index in [1.807, 2.05) is 0 Å². The van der Waals surface area contributed by atoms with Crippen molar-refractivity contribution in [1.29, 1.82) is 0 Å². The summed E-state index contributed by atoms with van der Waals surface area (Å²) in [7, 11) is 1.45. The van der Waals surface area contributed by atoms with Crippen molar-refractivity contribution in [1.82, 2.24) is 0 Å². The second-order valence-corrected chi connectivity index (χ2v) is 4.00. The third kappa shape index (κ3) is 2.96. The van der Waals surface area contributed by atoms with Gasteiger partial charge in [0.05, 0.1) is 12.7 Å². The van der Waals surface area contributed by atoms with Crippen molar-refractivity contribution in [3.8, 4) is 17.2 Å². The van der Waals surface area contributed by atoms with Crippen LogP contribution in [-0.2, 0) is 6.18 Å². The second kappa shape index (κ2) is 5.32. The number of rotatable bonds is 3. The lowest BCUT2D eigenvalue weighted by molar-refractivity contribution is -0.137. The molecule has 0 unspecified atom stereocenters. The average Bonchev–Trinajstić information content (AvgIpc) is 2.40. The van der Waals surface area contributed by atoms with Crippen molar-refractivity contribution in [2.75, 3.05) is 12.8 Å². The summed E-state index contributed by atoms with van der Waals surface area (Å²) in [5.74, 6) is 0.793. The molecule has 0 bridgehead atoms. The summed E-state index contributed by atoms with van der Waals surface area (Å²) in [5.41, 5.74) is 4.06. The Bertz CT molecular complexity index is 612. The summed E-state index contributed by atoms with van der Waals surface area (Å²) in [6.45, 7) is 0. The van der Waals surface area contributed by atoms with Crippen molar-refractivity contribution in [3.63, 3.8) is 0 Å². The number of ether oxygens (including phenoxy) is 2. The molecule has 0 saturated carbocycles. The van der Waals surface area contributed by atoms with Gasteiger partial charge in [0, 0.05) is 5.69 Å². The van der Waals surface area contributed by atoms with Gasteiger partial charge in [-0.15, -0.1) is 0 Å². The van der Waals surface area contributed by atoms with Crippen LogP contribution >= 0.6 is 0 Å². The summed E-state index contributed by atoms with van der Waals surface area (Å²) in [6, 6.07) is 10.1. The number of benzene rings is 2. The summed E-state index contributed by atoms with van der Waals surface area (Å²) in [5, 5.41) is 0. The zero-order chi connectivity index (χ0) is 14.8. The molecule has 0 radical (unpaired) electrons. The molecule has 20 heavy (non-hydrogen) atoms. The van der Waals surface area contributed by atoms with Gasteiger partial charge in [0.2, 0.25) is 0 Å². The Morgan fingerprint density at radius 1 is 1.00 bits per heavy atom. The molecule has 0 aliphatic rings. The van der Waals surface area contributed by atoms with E-state index in [2.05, 4.69) is 0 Å². The largest absolute Gasteiger partial charge is 0.493 e. The van der Waals surface area contributed by atoms with Crippen molar-refractivity contribution in [2.45, 2.75) is 6.18 Å². The smallest absolute Gasteiger partial charge is 0.418 e. The molecule has 106 valence electrons. The van der Waals surface area contributed by atoms with E-state index in [1.165, 1.54) is 13.2 Å². The van der Waals surface area contributed by atoms with Crippen LogP contribution in [0.5, 0.6) is 17.2 Å². The lowest BCUT2D eigenvalue weighted by atomic mass is 10.1. The van der Waals surface area contributed by atoms with Crippen LogP contribution in [0.4, 0.5) is 18.9 Å². The van der Waals surface area contributed by atoms with Gasteiger partial charge in [0.1, 0.15) is 5.75 Å². The molecule has 6 heteroatoms. The van der Waals surface area contributed by atoms with Gasteiger partial charge in [-0.3, -0.25) is 0 Å². The molecule has 0 heterocycles. The van der Waals surface area contributed by atoms with Gasteiger partial charge in [-0.1, -0.05) is 12.1 Å². The molecule has 0 aliphatic heterocycles. The number of anilines is 1. The first kappa shape index (κ1) is 14.0. The fraction of sp³-hybridized carbons (Fsp3) is 0.143. The summed E-state index contributed by atoms with van der Waals surface area (Å²) in [6.07, 6.45) is -4.52. The van der Waals surface area contributed by atoms with Gasteiger partial charge < -0.3 is 15.2 Å². The van der Waals surface area contributed by atoms with E-state index >= 15 is 0 Å². The fourth-order valence-electron chi connectivity index (χ4n) is 1.67. The highest BCUT2D eigenvalue weighted by molar-refractivity contribution is 5.53. The first-order valence-electron chi connectivity index (χ1n) is 5.69. The highest BCUT2D eigenvalue weighted by Gasteiger charge is 2.33. The number of nitrogen functional groups attached to an aromatic ring is 1. The lowest BCUT2D eigenvalue weighted by Crippen LogP contribution is -2.08. The standard InChI is InChI=1S/C14H12F3NO2/c1-19-12-4-2-3-5-13(12)20-9-6-7-11(18)10(8-9)14(15,16)17/h2-8H,18H2,1H3. The number of nitrogens with two attached hydrogens (primary N) is 1. The number of hydrogen-bond donors (Lipinski definition) is 1. The third-order valence-corrected chi connectivity index (χ3v) is 2.63. The number of methoxy groups -OCH3 is 1. The Kier molecular flexibility index (Phi) is 3.74. The van der Waals surface area contributed by atoms with E-state index in [1.54, 1.807) is 24.3 Å². The van der Waals surface area contributed by atoms with Gasteiger partial charge in [-0.25, -0.2) is 0 Å². The van der Waals surface area contributed by atoms with E-state index < -0.39 is 11.7 Å². The van der Waals surface area contributed by atoms with E-state index in [0.29, 0.717) is 11.5 Å². The molecule has 0 saturated heterocycles. The van der Waals surface area contributed by atoms with Gasteiger partial charge in [-0.05, 0) is 30.3 Å². The van der Waals surface area contributed by atoms with Gasteiger partial charge in [0.15, 0.2) is 11.5 Å². The van der Waals surface area contributed by atoms with E-state index in [4.69, 9.17) is 15.2 Å². The molecule has 0 aromatic heterocycles. The maximum atomic E-state index is 12.8. The van der Waals surface area contributed by atoms with Crippen LogP contribution in [0.2, 0.25) is 0 Å². The fourth-order valence-corrected chi connectivity index (χ4v) is 1.67. The molecule has 2 rings (SSSR count). The molecule has 2 N–H and O–H groups in total. The van der Waals surface area contributed by atoms with Crippen LogP contribution in [0.15, 0.2) is 42.5 Å². The maximum absolute atomic E-state index is 12.8. The number of para-hydroxylation sites is 2. The minimum atomic E-state index is -4.52. The van der Waals surface area contributed by atoms with Crippen LogP contribution in [0, 0.1) is 0 Å². The minimum Gasteiger partial charge on any atom is -0.493 e. The first-order chi connectivity index (χ1) is 9.41. The highest BCUT2D eigenvalue weighted by Crippen LogP contribution is 2.38. The topological polar surface area (TPSA) is 44.5 Å². The quantitative estimate of drug-likeness (QED) is 0.863. The summed E-state index contributed by atoms with van der Waals surface area (Å²) in [4.78, 5) is 0. The monoisotopic (exact) mass is 283 g/mol. The van der Waals surface area contributed by atoms with Crippen LogP contribution in [-0.4, -0.2) is 7.11 Å². The summed E-state index contributed by atoms with van der Waals surface area (Å²) < 4.78 is 48.7. The zero-order valence-corrected chi connectivity index (χ0v) is 10.6. The Morgan fingerprint density at radius 2 is 1.65 bits per heavy atom. The number of alkyl halides is 3. The van der Waals surface area contributed by atoms with Crippen LogP contribution in [0.1, 0.15) is 5.56 Å². The zero-order valence-electron chi connectivity index (χ0n) is 10.6. The van der Waals surface area contributed by atoms with Gasteiger partial charge in [0.25, 0.3) is 0 Å². The number of halogens is 3. The van der Waals surface area contributed by atoms with E-state index in [0.717, 1.165) is 12.1 Å².